The van der Waals surface area contributed by atoms with Crippen molar-refractivity contribution < 1.29 is 4.39 Å². The lowest BCUT2D eigenvalue weighted by Gasteiger charge is -2.08. The first kappa shape index (κ1) is 11.3. The highest BCUT2D eigenvalue weighted by molar-refractivity contribution is 5.47. The van der Waals surface area contributed by atoms with Crippen molar-refractivity contribution in [3.63, 3.8) is 0 Å². The fourth-order valence-electron chi connectivity index (χ4n) is 1.53. The number of hydrogen-bond acceptors (Lipinski definition) is 3. The molecule has 1 aromatic carbocycles. The number of halogens is 1. The van der Waals surface area contributed by atoms with Crippen molar-refractivity contribution in [1.29, 1.82) is 0 Å². The van der Waals surface area contributed by atoms with Gasteiger partial charge in [-0.1, -0.05) is 6.07 Å². The monoisotopic (exact) mass is 233 g/mol. The van der Waals surface area contributed by atoms with E-state index in [1.54, 1.807) is 19.2 Å². The molecule has 4 nitrogen and oxygen atoms in total. The van der Waals surface area contributed by atoms with Gasteiger partial charge in [-0.2, -0.15) is 5.10 Å². The Morgan fingerprint density at radius 2 is 2.24 bits per heavy atom. The van der Waals surface area contributed by atoms with Gasteiger partial charge in [0.2, 0.25) is 0 Å². The summed E-state index contributed by atoms with van der Waals surface area (Å²) in [5.74, 6) is -0.431. The topological polar surface area (TPSA) is 60.9 Å². The van der Waals surface area contributed by atoms with Gasteiger partial charge in [0, 0.05) is 17.3 Å². The van der Waals surface area contributed by atoms with E-state index < -0.39 is 5.82 Å². The number of nitrogens with two attached hydrogens (primary N) is 1. The highest BCUT2D eigenvalue weighted by atomic mass is 19.1. The second kappa shape index (κ2) is 4.37. The van der Waals surface area contributed by atoms with Crippen molar-refractivity contribution >= 4 is 5.69 Å². The minimum absolute atomic E-state index is 0.0393. The zero-order valence-electron chi connectivity index (χ0n) is 9.35. The molecule has 0 unspecified atom stereocenters. The molecule has 0 saturated heterocycles. The van der Waals surface area contributed by atoms with Gasteiger partial charge in [0.1, 0.15) is 5.82 Å². The van der Waals surface area contributed by atoms with Gasteiger partial charge in [0.25, 0.3) is 5.56 Å². The molecular weight excluding hydrogens is 221 g/mol. The van der Waals surface area contributed by atoms with E-state index in [-0.39, 0.29) is 17.7 Å². The Morgan fingerprint density at radius 3 is 2.88 bits per heavy atom. The number of aromatic nitrogens is 2. The third-order valence-corrected chi connectivity index (χ3v) is 2.47. The SMILES string of the molecule is Cc1cnn(Cc2c(N)cccc2F)c(=O)c1. The first-order chi connectivity index (χ1) is 8.08. The molecule has 5 heteroatoms. The largest absolute Gasteiger partial charge is 0.398 e. The molecule has 88 valence electrons. The van der Waals surface area contributed by atoms with Gasteiger partial charge < -0.3 is 5.73 Å². The van der Waals surface area contributed by atoms with Crippen molar-refractivity contribution in [1.82, 2.24) is 9.78 Å². The van der Waals surface area contributed by atoms with Crippen LogP contribution in [-0.2, 0) is 6.54 Å². The summed E-state index contributed by atoms with van der Waals surface area (Å²) in [6.07, 6.45) is 1.55. The summed E-state index contributed by atoms with van der Waals surface area (Å²) in [6.45, 7) is 1.81. The highest BCUT2D eigenvalue weighted by Gasteiger charge is 2.08. The maximum atomic E-state index is 13.5. The van der Waals surface area contributed by atoms with Crippen LogP contribution in [0.4, 0.5) is 10.1 Å². The van der Waals surface area contributed by atoms with E-state index in [9.17, 15) is 9.18 Å². The second-order valence-electron chi connectivity index (χ2n) is 3.84. The summed E-state index contributed by atoms with van der Waals surface area (Å²) < 4.78 is 14.7. The first-order valence-electron chi connectivity index (χ1n) is 5.14. The van der Waals surface area contributed by atoms with E-state index in [1.807, 2.05) is 0 Å². The van der Waals surface area contributed by atoms with Crippen LogP contribution in [0.2, 0.25) is 0 Å². The van der Waals surface area contributed by atoms with E-state index in [0.29, 0.717) is 5.69 Å². The molecule has 1 heterocycles. The summed E-state index contributed by atoms with van der Waals surface area (Å²) in [5.41, 5.74) is 6.77. The summed E-state index contributed by atoms with van der Waals surface area (Å²) in [4.78, 5) is 11.6. The molecule has 0 spiro atoms. The van der Waals surface area contributed by atoms with Crippen LogP contribution < -0.4 is 11.3 Å². The van der Waals surface area contributed by atoms with Crippen molar-refractivity contribution in [2.75, 3.05) is 5.73 Å². The number of nitrogen functional groups attached to an aromatic ring is 1. The van der Waals surface area contributed by atoms with Gasteiger partial charge in [0.05, 0.1) is 12.7 Å². The predicted molar refractivity (Wildman–Crippen MR) is 63.1 cm³/mol. The lowest BCUT2D eigenvalue weighted by molar-refractivity contribution is 0.573. The molecule has 0 atom stereocenters. The Hall–Kier alpha value is -2.17. The van der Waals surface area contributed by atoms with Gasteiger partial charge >= 0.3 is 0 Å². The minimum atomic E-state index is -0.431. The lowest BCUT2D eigenvalue weighted by atomic mass is 10.1. The highest BCUT2D eigenvalue weighted by Crippen LogP contribution is 2.15. The summed E-state index contributed by atoms with van der Waals surface area (Å²) >= 11 is 0. The molecule has 17 heavy (non-hydrogen) atoms. The molecule has 0 saturated carbocycles. The van der Waals surface area contributed by atoms with Gasteiger partial charge in [-0.15, -0.1) is 0 Å². The average molecular weight is 233 g/mol. The molecule has 0 fully saturated rings. The fraction of sp³-hybridized carbons (Fsp3) is 0.167. The van der Waals surface area contributed by atoms with E-state index >= 15 is 0 Å². The Kier molecular flexibility index (Phi) is 2.91. The van der Waals surface area contributed by atoms with Crippen LogP contribution in [0.15, 0.2) is 35.3 Å². The Balaban J connectivity index is 2.42. The van der Waals surface area contributed by atoms with Crippen molar-refractivity contribution in [3.05, 3.63) is 57.8 Å². The van der Waals surface area contributed by atoms with Crippen LogP contribution in [0, 0.1) is 12.7 Å². The maximum Gasteiger partial charge on any atom is 0.267 e. The predicted octanol–water partition coefficient (Wildman–Crippen LogP) is 1.32. The molecule has 0 aliphatic carbocycles. The minimum Gasteiger partial charge on any atom is -0.398 e. The summed E-state index contributed by atoms with van der Waals surface area (Å²) in [7, 11) is 0. The number of hydrogen-bond donors (Lipinski definition) is 1. The van der Waals surface area contributed by atoms with Gasteiger partial charge in [-0.3, -0.25) is 4.79 Å². The standard InChI is InChI=1S/C12H12FN3O/c1-8-5-12(17)16(15-6-8)7-9-10(13)3-2-4-11(9)14/h2-6H,7,14H2,1H3. The first-order valence-corrected chi connectivity index (χ1v) is 5.14. The summed E-state index contributed by atoms with van der Waals surface area (Å²) in [5, 5.41) is 3.94. The summed E-state index contributed by atoms with van der Waals surface area (Å²) in [6, 6.07) is 5.88. The third-order valence-electron chi connectivity index (χ3n) is 2.47. The van der Waals surface area contributed by atoms with Crippen LogP contribution >= 0.6 is 0 Å². The van der Waals surface area contributed by atoms with Gasteiger partial charge in [0.15, 0.2) is 0 Å². The Bertz CT molecular complexity index is 587. The Morgan fingerprint density at radius 1 is 1.47 bits per heavy atom. The molecule has 0 aliphatic rings. The molecule has 2 aromatic rings. The van der Waals surface area contributed by atoms with Crippen LogP contribution in [0.1, 0.15) is 11.1 Å². The molecule has 0 amide bonds. The van der Waals surface area contributed by atoms with Crippen LogP contribution in [0.3, 0.4) is 0 Å². The van der Waals surface area contributed by atoms with Crippen LogP contribution in [-0.4, -0.2) is 9.78 Å². The number of rotatable bonds is 2. The maximum absolute atomic E-state index is 13.5. The van der Waals surface area contributed by atoms with Gasteiger partial charge in [-0.05, 0) is 24.6 Å². The molecule has 0 aliphatic heterocycles. The normalized spacial score (nSPS) is 10.5. The fourth-order valence-corrected chi connectivity index (χ4v) is 1.53. The molecule has 1 aromatic heterocycles. The number of aryl methyl sites for hydroxylation is 1. The number of nitrogens with zero attached hydrogens (tertiary/aromatic N) is 2. The van der Waals surface area contributed by atoms with E-state index in [1.165, 1.54) is 22.9 Å². The lowest BCUT2D eigenvalue weighted by Crippen LogP contribution is -2.23. The molecular formula is C12H12FN3O. The molecule has 2 rings (SSSR count). The Labute approximate surface area is 97.5 Å². The zero-order valence-corrected chi connectivity index (χ0v) is 9.35. The third kappa shape index (κ3) is 2.33. The second-order valence-corrected chi connectivity index (χ2v) is 3.84. The van der Waals surface area contributed by atoms with Gasteiger partial charge in [-0.25, -0.2) is 9.07 Å². The number of benzene rings is 1. The smallest absolute Gasteiger partial charge is 0.267 e. The van der Waals surface area contributed by atoms with E-state index in [0.717, 1.165) is 5.56 Å². The zero-order chi connectivity index (χ0) is 12.4. The average Bonchev–Trinajstić information content (AvgIpc) is 2.26. The van der Waals surface area contributed by atoms with Crippen LogP contribution in [0.5, 0.6) is 0 Å². The van der Waals surface area contributed by atoms with E-state index in [4.69, 9.17) is 5.73 Å². The van der Waals surface area contributed by atoms with Crippen LogP contribution in [0.25, 0.3) is 0 Å². The molecule has 2 N–H and O–H groups in total. The number of anilines is 1. The van der Waals surface area contributed by atoms with E-state index in [2.05, 4.69) is 5.10 Å². The quantitative estimate of drug-likeness (QED) is 0.796. The van der Waals surface area contributed by atoms with Crippen molar-refractivity contribution in [3.8, 4) is 0 Å². The molecule has 0 bridgehead atoms. The van der Waals surface area contributed by atoms with Crippen molar-refractivity contribution in [2.24, 2.45) is 0 Å². The molecule has 0 radical (unpaired) electrons. The van der Waals surface area contributed by atoms with Crippen molar-refractivity contribution in [2.45, 2.75) is 13.5 Å².